The molecule has 160 valence electrons. The molecular weight excluding hydrogens is 394 g/mol. The highest BCUT2D eigenvalue weighted by molar-refractivity contribution is 5.96. The minimum Gasteiger partial charge on any atom is -0.493 e. The first-order chi connectivity index (χ1) is 15.2. The monoisotopic (exact) mass is 419 g/mol. The Balaban J connectivity index is 1.55. The quantitative estimate of drug-likeness (QED) is 0.609. The van der Waals surface area contributed by atoms with E-state index in [0.717, 1.165) is 16.9 Å². The third-order valence-electron chi connectivity index (χ3n) is 5.21. The van der Waals surface area contributed by atoms with Crippen molar-refractivity contribution in [3.8, 4) is 23.0 Å². The van der Waals surface area contributed by atoms with Crippen LogP contribution >= 0.6 is 0 Å². The maximum atomic E-state index is 13.0. The Morgan fingerprint density at radius 2 is 1.68 bits per heavy atom. The molecule has 1 atom stereocenters. The number of benzene rings is 3. The maximum absolute atomic E-state index is 13.0. The van der Waals surface area contributed by atoms with E-state index in [1.54, 1.807) is 26.4 Å². The van der Waals surface area contributed by atoms with Crippen LogP contribution in [0.2, 0.25) is 0 Å². The van der Waals surface area contributed by atoms with Gasteiger partial charge in [0.25, 0.3) is 5.91 Å². The molecule has 0 spiro atoms. The molecule has 6 nitrogen and oxygen atoms in total. The summed E-state index contributed by atoms with van der Waals surface area (Å²) >= 11 is 0. The minimum atomic E-state index is -0.215. The van der Waals surface area contributed by atoms with Gasteiger partial charge >= 0.3 is 0 Å². The van der Waals surface area contributed by atoms with Gasteiger partial charge in [0.05, 0.1) is 26.9 Å². The second-order valence-electron chi connectivity index (χ2n) is 7.19. The summed E-state index contributed by atoms with van der Waals surface area (Å²) in [4.78, 5) is 13.0. The van der Waals surface area contributed by atoms with Gasteiger partial charge in [0.15, 0.2) is 11.5 Å². The van der Waals surface area contributed by atoms with E-state index in [1.165, 1.54) is 0 Å². The minimum absolute atomic E-state index is 0.122. The summed E-state index contributed by atoms with van der Waals surface area (Å²) in [5.74, 6) is 1.93. The number of nitrogens with one attached hydrogen (secondary N) is 1. The van der Waals surface area contributed by atoms with Crippen molar-refractivity contribution < 1.29 is 23.7 Å². The number of amides is 1. The van der Waals surface area contributed by atoms with Crippen molar-refractivity contribution in [1.82, 2.24) is 5.32 Å². The molecule has 0 radical (unpaired) electrons. The fraction of sp³-hybridized carbons (Fsp3) is 0.240. The maximum Gasteiger partial charge on any atom is 0.252 e. The summed E-state index contributed by atoms with van der Waals surface area (Å²) in [7, 11) is 3.08. The molecular formula is C25H25NO5. The van der Waals surface area contributed by atoms with Crippen LogP contribution in [0.3, 0.4) is 0 Å². The standard InChI is InChI=1S/C25H25NO5/c1-28-22-14-18(15-23(29-2)24(22)31-16-17-8-4-3-5-9-17)25(27)26-20-12-13-30-21-11-7-6-10-19(20)21/h3-11,14-15,20H,12-13,16H2,1-2H3,(H,26,27)/t20-/m1/s1. The Labute approximate surface area is 181 Å². The summed E-state index contributed by atoms with van der Waals surface area (Å²) < 4.78 is 22.7. The molecule has 1 N–H and O–H groups in total. The number of rotatable bonds is 7. The van der Waals surface area contributed by atoms with Crippen molar-refractivity contribution >= 4 is 5.91 Å². The molecule has 0 saturated heterocycles. The van der Waals surface area contributed by atoms with E-state index in [0.29, 0.717) is 42.4 Å². The fourth-order valence-electron chi connectivity index (χ4n) is 3.62. The molecule has 1 amide bonds. The number of ether oxygens (including phenoxy) is 4. The topological polar surface area (TPSA) is 66.0 Å². The van der Waals surface area contributed by atoms with Gasteiger partial charge in [0.2, 0.25) is 5.75 Å². The molecule has 0 saturated carbocycles. The molecule has 0 bridgehead atoms. The van der Waals surface area contributed by atoms with Crippen molar-refractivity contribution in [3.05, 3.63) is 83.4 Å². The van der Waals surface area contributed by atoms with Crippen molar-refractivity contribution in [1.29, 1.82) is 0 Å². The Kier molecular flexibility index (Phi) is 6.26. The van der Waals surface area contributed by atoms with Gasteiger partial charge in [-0.2, -0.15) is 0 Å². The Morgan fingerprint density at radius 3 is 2.39 bits per heavy atom. The van der Waals surface area contributed by atoms with Gasteiger partial charge in [0, 0.05) is 17.5 Å². The van der Waals surface area contributed by atoms with E-state index in [1.807, 2.05) is 54.6 Å². The molecule has 31 heavy (non-hydrogen) atoms. The zero-order chi connectivity index (χ0) is 21.6. The fourth-order valence-corrected chi connectivity index (χ4v) is 3.62. The molecule has 1 aliphatic heterocycles. The van der Waals surface area contributed by atoms with Crippen LogP contribution in [-0.4, -0.2) is 26.7 Å². The first-order valence-corrected chi connectivity index (χ1v) is 10.1. The van der Waals surface area contributed by atoms with Crippen LogP contribution in [0.1, 0.15) is 33.9 Å². The van der Waals surface area contributed by atoms with Crippen molar-refractivity contribution in [3.63, 3.8) is 0 Å². The van der Waals surface area contributed by atoms with E-state index >= 15 is 0 Å². The highest BCUT2D eigenvalue weighted by Gasteiger charge is 2.24. The molecule has 0 fully saturated rings. The lowest BCUT2D eigenvalue weighted by atomic mass is 10.00. The zero-order valence-electron chi connectivity index (χ0n) is 17.6. The van der Waals surface area contributed by atoms with E-state index in [9.17, 15) is 4.79 Å². The van der Waals surface area contributed by atoms with Crippen LogP contribution in [0.15, 0.2) is 66.7 Å². The molecule has 6 heteroatoms. The first kappa shape index (κ1) is 20.6. The molecule has 0 unspecified atom stereocenters. The number of methoxy groups -OCH3 is 2. The summed E-state index contributed by atoms with van der Waals surface area (Å²) in [5.41, 5.74) is 2.43. The molecule has 0 aliphatic carbocycles. The first-order valence-electron chi connectivity index (χ1n) is 10.1. The smallest absolute Gasteiger partial charge is 0.252 e. The number of fused-ring (bicyclic) bond motifs is 1. The van der Waals surface area contributed by atoms with E-state index in [4.69, 9.17) is 18.9 Å². The Bertz CT molecular complexity index is 1030. The highest BCUT2D eigenvalue weighted by Crippen LogP contribution is 2.39. The Hall–Kier alpha value is -3.67. The van der Waals surface area contributed by atoms with Crippen LogP contribution in [0, 0.1) is 0 Å². The van der Waals surface area contributed by atoms with Crippen LogP contribution < -0.4 is 24.3 Å². The summed E-state index contributed by atoms with van der Waals surface area (Å²) in [5, 5.41) is 3.10. The van der Waals surface area contributed by atoms with Gasteiger partial charge in [-0.25, -0.2) is 0 Å². The predicted molar refractivity (Wildman–Crippen MR) is 117 cm³/mol. The van der Waals surface area contributed by atoms with Crippen LogP contribution in [0.5, 0.6) is 23.0 Å². The summed E-state index contributed by atoms with van der Waals surface area (Å²) in [6.45, 7) is 0.916. The predicted octanol–water partition coefficient (Wildman–Crippen LogP) is 4.54. The van der Waals surface area contributed by atoms with Crippen molar-refractivity contribution in [2.24, 2.45) is 0 Å². The zero-order valence-corrected chi connectivity index (χ0v) is 17.6. The van der Waals surface area contributed by atoms with Crippen LogP contribution in [0.4, 0.5) is 0 Å². The lowest BCUT2D eigenvalue weighted by Gasteiger charge is -2.26. The third kappa shape index (κ3) is 4.58. The van der Waals surface area contributed by atoms with E-state index < -0.39 is 0 Å². The lowest BCUT2D eigenvalue weighted by molar-refractivity contribution is 0.0924. The van der Waals surface area contributed by atoms with Crippen molar-refractivity contribution in [2.45, 2.75) is 19.1 Å². The van der Waals surface area contributed by atoms with Gasteiger partial charge in [-0.05, 0) is 23.8 Å². The molecule has 3 aromatic rings. The highest BCUT2D eigenvalue weighted by atomic mass is 16.5. The van der Waals surface area contributed by atoms with Gasteiger partial charge in [-0.1, -0.05) is 48.5 Å². The third-order valence-corrected chi connectivity index (χ3v) is 5.21. The lowest BCUT2D eigenvalue weighted by Crippen LogP contribution is -2.32. The van der Waals surface area contributed by atoms with Crippen molar-refractivity contribution in [2.75, 3.05) is 20.8 Å². The molecule has 0 aromatic heterocycles. The summed E-state index contributed by atoms with van der Waals surface area (Å²) in [6, 6.07) is 20.8. The number of para-hydroxylation sites is 1. The number of carbonyl (C=O) groups is 1. The van der Waals surface area contributed by atoms with Crippen LogP contribution in [-0.2, 0) is 6.61 Å². The van der Waals surface area contributed by atoms with E-state index in [-0.39, 0.29) is 11.9 Å². The average molecular weight is 419 g/mol. The largest absolute Gasteiger partial charge is 0.493 e. The molecule has 4 rings (SSSR count). The molecule has 3 aromatic carbocycles. The normalized spacial score (nSPS) is 14.7. The average Bonchev–Trinajstić information content (AvgIpc) is 2.83. The van der Waals surface area contributed by atoms with Crippen LogP contribution in [0.25, 0.3) is 0 Å². The van der Waals surface area contributed by atoms with E-state index in [2.05, 4.69) is 5.32 Å². The van der Waals surface area contributed by atoms with Gasteiger partial charge in [0.1, 0.15) is 12.4 Å². The molecule has 1 heterocycles. The van der Waals surface area contributed by atoms with Gasteiger partial charge < -0.3 is 24.3 Å². The second kappa shape index (κ2) is 9.43. The number of carbonyl (C=O) groups excluding carboxylic acids is 1. The number of hydrogen-bond donors (Lipinski definition) is 1. The molecule has 1 aliphatic rings. The van der Waals surface area contributed by atoms with Gasteiger partial charge in [-0.3, -0.25) is 4.79 Å². The number of hydrogen-bond acceptors (Lipinski definition) is 5. The summed E-state index contributed by atoms with van der Waals surface area (Å²) in [6.07, 6.45) is 0.704. The SMILES string of the molecule is COc1cc(C(=O)N[C@@H]2CCOc3ccccc32)cc(OC)c1OCc1ccccc1. The second-order valence-corrected chi connectivity index (χ2v) is 7.19. The Morgan fingerprint density at radius 1 is 1.00 bits per heavy atom. The van der Waals surface area contributed by atoms with Gasteiger partial charge in [-0.15, -0.1) is 0 Å².